The van der Waals surface area contributed by atoms with E-state index >= 15 is 0 Å². The van der Waals surface area contributed by atoms with E-state index in [0.717, 1.165) is 30.6 Å². The fraction of sp³-hybridized carbons (Fsp3) is 0.391. The number of piperidine rings is 1. The lowest BCUT2D eigenvalue weighted by Gasteiger charge is -2.34. The van der Waals surface area contributed by atoms with Crippen LogP contribution in [0.3, 0.4) is 0 Å². The van der Waals surface area contributed by atoms with Crippen LogP contribution in [0, 0.1) is 11.8 Å². The fourth-order valence-electron chi connectivity index (χ4n) is 3.93. The molecule has 2 unspecified atom stereocenters. The third-order valence-corrected chi connectivity index (χ3v) is 5.06. The lowest BCUT2D eigenvalue weighted by Crippen LogP contribution is -2.44. The molecule has 0 aromatic heterocycles. The Morgan fingerprint density at radius 1 is 0.926 bits per heavy atom. The van der Waals surface area contributed by atoms with Gasteiger partial charge in [0.2, 0.25) is 0 Å². The van der Waals surface area contributed by atoms with Crippen molar-refractivity contribution in [2.75, 3.05) is 19.7 Å². The van der Waals surface area contributed by atoms with Gasteiger partial charge in [-0.1, -0.05) is 74.5 Å². The molecule has 2 aromatic carbocycles. The molecule has 0 bridgehead atoms. The lowest BCUT2D eigenvalue weighted by atomic mass is 9.91. The van der Waals surface area contributed by atoms with Crippen molar-refractivity contribution in [1.29, 1.82) is 0 Å². The highest BCUT2D eigenvalue weighted by atomic mass is 16.5. The summed E-state index contributed by atoms with van der Waals surface area (Å²) < 4.78 is 5.47. The topological polar surface area (TPSA) is 46.6 Å². The Hall–Kier alpha value is -2.62. The van der Waals surface area contributed by atoms with E-state index in [9.17, 15) is 9.59 Å². The minimum absolute atomic E-state index is 0.110. The van der Waals surface area contributed by atoms with Gasteiger partial charge in [0.1, 0.15) is 5.92 Å². The predicted octanol–water partition coefficient (Wildman–Crippen LogP) is 3.87. The number of amides is 1. The first-order valence-electron chi connectivity index (χ1n) is 9.59. The van der Waals surface area contributed by atoms with Crippen molar-refractivity contribution >= 4 is 11.9 Å². The molecule has 142 valence electrons. The Bertz CT molecular complexity index is 710. The number of hydrogen-bond acceptors (Lipinski definition) is 3. The summed E-state index contributed by atoms with van der Waals surface area (Å²) in [6.07, 6.45) is 1.13. The fourth-order valence-corrected chi connectivity index (χ4v) is 3.93. The van der Waals surface area contributed by atoms with Gasteiger partial charge in [-0.3, -0.25) is 9.59 Å². The van der Waals surface area contributed by atoms with Crippen LogP contribution < -0.4 is 0 Å². The first kappa shape index (κ1) is 19.2. The second kappa shape index (κ2) is 8.85. The second-order valence-corrected chi connectivity index (χ2v) is 7.61. The molecule has 27 heavy (non-hydrogen) atoms. The third-order valence-electron chi connectivity index (χ3n) is 5.06. The maximum Gasteiger partial charge on any atom is 0.318 e. The zero-order valence-corrected chi connectivity index (χ0v) is 16.0. The summed E-state index contributed by atoms with van der Waals surface area (Å²) in [7, 11) is 0. The Morgan fingerprint density at radius 2 is 1.41 bits per heavy atom. The molecular formula is C23H27NO3. The second-order valence-electron chi connectivity index (χ2n) is 7.61. The van der Waals surface area contributed by atoms with Crippen LogP contribution in [0.1, 0.15) is 37.3 Å². The van der Waals surface area contributed by atoms with Gasteiger partial charge in [0.05, 0.1) is 0 Å². The van der Waals surface area contributed by atoms with Gasteiger partial charge >= 0.3 is 5.97 Å². The van der Waals surface area contributed by atoms with Crippen molar-refractivity contribution in [1.82, 2.24) is 4.90 Å². The number of hydrogen-bond donors (Lipinski definition) is 0. The normalized spacial score (nSPS) is 19.7. The van der Waals surface area contributed by atoms with Gasteiger partial charge in [0, 0.05) is 13.1 Å². The summed E-state index contributed by atoms with van der Waals surface area (Å²) >= 11 is 0. The molecule has 0 N–H and O–H groups in total. The molecule has 1 saturated heterocycles. The summed E-state index contributed by atoms with van der Waals surface area (Å²) in [4.78, 5) is 27.2. The van der Waals surface area contributed by atoms with Crippen LogP contribution in [0.2, 0.25) is 0 Å². The number of nitrogens with zero attached hydrogens (tertiary/aromatic N) is 1. The zero-order chi connectivity index (χ0) is 19.2. The Morgan fingerprint density at radius 3 is 1.89 bits per heavy atom. The minimum Gasteiger partial charge on any atom is -0.455 e. The van der Waals surface area contributed by atoms with Gasteiger partial charge < -0.3 is 9.64 Å². The number of esters is 1. The van der Waals surface area contributed by atoms with Crippen LogP contribution in [-0.4, -0.2) is 36.5 Å². The van der Waals surface area contributed by atoms with Gasteiger partial charge in [-0.2, -0.15) is 0 Å². The van der Waals surface area contributed by atoms with Crippen LogP contribution in [0.4, 0.5) is 0 Å². The number of benzene rings is 2. The Kier molecular flexibility index (Phi) is 6.28. The van der Waals surface area contributed by atoms with Gasteiger partial charge in [0.15, 0.2) is 6.61 Å². The van der Waals surface area contributed by atoms with E-state index < -0.39 is 5.92 Å². The number of likely N-dealkylation sites (tertiary alicyclic amines) is 1. The van der Waals surface area contributed by atoms with E-state index in [4.69, 9.17) is 4.74 Å². The smallest absolute Gasteiger partial charge is 0.318 e. The first-order valence-corrected chi connectivity index (χ1v) is 9.59. The maximum absolute atomic E-state index is 12.9. The maximum atomic E-state index is 12.9. The molecule has 1 amide bonds. The molecular weight excluding hydrogens is 338 g/mol. The van der Waals surface area contributed by atoms with Crippen LogP contribution in [0.25, 0.3) is 0 Å². The molecule has 4 heteroatoms. The zero-order valence-electron chi connectivity index (χ0n) is 16.0. The van der Waals surface area contributed by atoms with Gasteiger partial charge in [-0.25, -0.2) is 0 Å². The van der Waals surface area contributed by atoms with E-state index in [2.05, 4.69) is 13.8 Å². The van der Waals surface area contributed by atoms with Crippen LogP contribution >= 0.6 is 0 Å². The lowest BCUT2D eigenvalue weighted by molar-refractivity contribution is -0.153. The summed E-state index contributed by atoms with van der Waals surface area (Å²) in [5, 5.41) is 0. The monoisotopic (exact) mass is 365 g/mol. The standard InChI is InChI=1S/C23H27NO3/c1-17-13-18(2)15-24(14-17)21(25)16-27-23(26)22(19-9-5-3-6-10-19)20-11-7-4-8-12-20/h3-12,17-18,22H,13-16H2,1-2H3. The quantitative estimate of drug-likeness (QED) is 0.756. The molecule has 2 atom stereocenters. The van der Waals surface area contributed by atoms with Crippen molar-refractivity contribution in [3.63, 3.8) is 0 Å². The Labute approximate surface area is 161 Å². The van der Waals surface area contributed by atoms with Crippen LogP contribution in [-0.2, 0) is 14.3 Å². The van der Waals surface area contributed by atoms with E-state index in [1.165, 1.54) is 0 Å². The average molecular weight is 365 g/mol. The molecule has 0 aliphatic carbocycles. The molecule has 1 fully saturated rings. The Balaban J connectivity index is 1.69. The van der Waals surface area contributed by atoms with Crippen molar-refractivity contribution in [2.24, 2.45) is 11.8 Å². The molecule has 1 heterocycles. The molecule has 2 aromatic rings. The first-order chi connectivity index (χ1) is 13.0. The van der Waals surface area contributed by atoms with Crippen molar-refractivity contribution in [3.8, 4) is 0 Å². The number of rotatable bonds is 5. The van der Waals surface area contributed by atoms with Gasteiger partial charge in [-0.05, 0) is 29.4 Å². The largest absolute Gasteiger partial charge is 0.455 e. The summed E-state index contributed by atoms with van der Waals surface area (Å²) in [5.41, 5.74) is 1.72. The molecule has 0 saturated carbocycles. The molecule has 0 spiro atoms. The van der Waals surface area contributed by atoms with Crippen molar-refractivity contribution < 1.29 is 14.3 Å². The minimum atomic E-state index is -0.528. The summed E-state index contributed by atoms with van der Waals surface area (Å²) in [6, 6.07) is 19.1. The van der Waals surface area contributed by atoms with E-state index in [1.54, 1.807) is 0 Å². The average Bonchev–Trinajstić information content (AvgIpc) is 2.67. The molecule has 4 nitrogen and oxygen atoms in total. The summed E-state index contributed by atoms with van der Waals surface area (Å²) in [6.45, 7) is 5.59. The summed E-state index contributed by atoms with van der Waals surface area (Å²) in [5.74, 6) is -0.0653. The molecule has 1 aliphatic heterocycles. The van der Waals surface area contributed by atoms with Gasteiger partial charge in [-0.15, -0.1) is 0 Å². The molecule has 3 rings (SSSR count). The van der Waals surface area contributed by atoms with E-state index in [0.29, 0.717) is 11.8 Å². The highest BCUT2D eigenvalue weighted by Crippen LogP contribution is 2.26. The van der Waals surface area contributed by atoms with Gasteiger partial charge in [0.25, 0.3) is 5.91 Å². The highest BCUT2D eigenvalue weighted by Gasteiger charge is 2.28. The van der Waals surface area contributed by atoms with Crippen LogP contribution in [0.5, 0.6) is 0 Å². The van der Waals surface area contributed by atoms with E-state index in [-0.39, 0.29) is 18.5 Å². The molecule has 1 aliphatic rings. The number of carbonyl (C=O) groups excluding carboxylic acids is 2. The van der Waals surface area contributed by atoms with E-state index in [1.807, 2.05) is 65.6 Å². The number of ether oxygens (including phenoxy) is 1. The highest BCUT2D eigenvalue weighted by molar-refractivity contribution is 5.85. The SMILES string of the molecule is CC1CC(C)CN(C(=O)COC(=O)C(c2ccccc2)c2ccccc2)C1. The molecule has 0 radical (unpaired) electrons. The van der Waals surface area contributed by atoms with Crippen LogP contribution in [0.15, 0.2) is 60.7 Å². The predicted molar refractivity (Wildman–Crippen MR) is 105 cm³/mol. The van der Waals surface area contributed by atoms with Crippen molar-refractivity contribution in [2.45, 2.75) is 26.2 Å². The van der Waals surface area contributed by atoms with Crippen molar-refractivity contribution in [3.05, 3.63) is 71.8 Å². The number of carbonyl (C=O) groups is 2. The third kappa shape index (κ3) is 4.97.